The summed E-state index contributed by atoms with van der Waals surface area (Å²) in [4.78, 5) is 13.9. The van der Waals surface area contributed by atoms with Gasteiger partial charge in [0.05, 0.1) is 19.1 Å². The van der Waals surface area contributed by atoms with Crippen LogP contribution >= 0.6 is 0 Å². The Morgan fingerprint density at radius 3 is 2.77 bits per heavy atom. The van der Waals surface area contributed by atoms with Crippen molar-refractivity contribution in [1.82, 2.24) is 4.90 Å². The molecule has 2 N–H and O–H groups in total. The third-order valence-electron chi connectivity index (χ3n) is 5.27. The van der Waals surface area contributed by atoms with Crippen LogP contribution in [-0.4, -0.2) is 60.5 Å². The van der Waals surface area contributed by atoms with E-state index in [1.807, 2.05) is 30.3 Å². The van der Waals surface area contributed by atoms with Gasteiger partial charge in [0.1, 0.15) is 0 Å². The Hall–Kier alpha value is -1.43. The number of rotatable bonds is 5. The molecule has 0 radical (unpaired) electrons. The number of nitrogens with zero attached hydrogens (tertiary/aromatic N) is 1. The summed E-state index contributed by atoms with van der Waals surface area (Å²) >= 11 is 0. The van der Waals surface area contributed by atoms with Gasteiger partial charge in [0.2, 0.25) is 5.91 Å². The monoisotopic (exact) mass is 305 g/mol. The molecule has 1 aromatic carbocycles. The zero-order chi connectivity index (χ0) is 15.7. The molecule has 2 fully saturated rings. The van der Waals surface area contributed by atoms with Gasteiger partial charge in [0.25, 0.3) is 0 Å². The molecular weight excluding hydrogens is 282 g/mol. The molecule has 1 saturated carbocycles. The van der Waals surface area contributed by atoms with E-state index in [1.54, 1.807) is 12.0 Å². The fourth-order valence-corrected chi connectivity index (χ4v) is 4.11. The van der Waals surface area contributed by atoms with Crippen LogP contribution in [-0.2, 0) is 9.53 Å². The van der Waals surface area contributed by atoms with E-state index in [0.717, 1.165) is 5.56 Å². The maximum atomic E-state index is 12.2. The van der Waals surface area contributed by atoms with E-state index >= 15 is 0 Å². The topological polar surface area (TPSA) is 70.0 Å². The first-order valence-corrected chi connectivity index (χ1v) is 7.75. The van der Waals surface area contributed by atoms with Crippen LogP contribution in [0.1, 0.15) is 17.9 Å². The van der Waals surface area contributed by atoms with Gasteiger partial charge >= 0.3 is 0 Å². The van der Waals surface area contributed by atoms with Crippen molar-refractivity contribution in [2.45, 2.75) is 18.4 Å². The number of benzene rings is 1. The molecule has 5 nitrogen and oxygen atoms in total. The van der Waals surface area contributed by atoms with Gasteiger partial charge in [0, 0.05) is 32.2 Å². The van der Waals surface area contributed by atoms with Crippen molar-refractivity contribution < 1.29 is 19.7 Å². The molecular formula is C17H23NO4. The summed E-state index contributed by atoms with van der Waals surface area (Å²) in [7, 11) is 1.57. The number of carbonyl (C=O) groups is 1. The Morgan fingerprint density at radius 2 is 2.14 bits per heavy atom. The van der Waals surface area contributed by atoms with Gasteiger partial charge in [-0.3, -0.25) is 4.79 Å². The van der Waals surface area contributed by atoms with E-state index in [0.29, 0.717) is 26.1 Å². The molecule has 2 aliphatic rings. The molecule has 4 atom stereocenters. The van der Waals surface area contributed by atoms with E-state index < -0.39 is 11.5 Å². The number of likely N-dealkylation sites (tertiary alicyclic amines) is 1. The number of hydrogen-bond acceptors (Lipinski definition) is 4. The first kappa shape index (κ1) is 15.5. The average Bonchev–Trinajstić information content (AvgIpc) is 3.08. The highest BCUT2D eigenvalue weighted by molar-refractivity contribution is 5.77. The van der Waals surface area contributed by atoms with Crippen LogP contribution in [0.4, 0.5) is 0 Å². The largest absolute Gasteiger partial charge is 0.396 e. The standard InChI is InChI=1S/C17H23NO4/c1-22-8-7-15(21)18-9-14(20)17(11-18)13(10-19)16(17)12-5-3-2-4-6-12/h2-6,13-14,16,19-20H,7-11H2,1H3/t13-,14+,16-,17-/m1/s1. The van der Waals surface area contributed by atoms with Crippen molar-refractivity contribution in [1.29, 1.82) is 0 Å². The van der Waals surface area contributed by atoms with E-state index in [2.05, 4.69) is 0 Å². The number of aliphatic hydroxyl groups excluding tert-OH is 2. The SMILES string of the molecule is COCCC(=O)N1C[C@H](O)[C@@]2(C1)[C@H](CO)[C@H]2c1ccccc1. The molecule has 120 valence electrons. The number of amides is 1. The van der Waals surface area contributed by atoms with Crippen molar-refractivity contribution in [3.8, 4) is 0 Å². The highest BCUT2D eigenvalue weighted by atomic mass is 16.5. The lowest BCUT2D eigenvalue weighted by molar-refractivity contribution is -0.131. The number of β-amino-alcohol motifs (C(OH)–C–C–N with tert-alkyl or cyclic N) is 1. The molecule has 5 heteroatoms. The smallest absolute Gasteiger partial charge is 0.224 e. The van der Waals surface area contributed by atoms with Crippen LogP contribution in [0.25, 0.3) is 0 Å². The van der Waals surface area contributed by atoms with Crippen LogP contribution < -0.4 is 0 Å². The molecule has 1 spiro atoms. The van der Waals surface area contributed by atoms with Crippen molar-refractivity contribution in [2.24, 2.45) is 11.3 Å². The number of carbonyl (C=O) groups excluding carboxylic acids is 1. The Kier molecular flexibility index (Phi) is 4.21. The number of aliphatic hydroxyl groups is 2. The van der Waals surface area contributed by atoms with E-state index in [9.17, 15) is 15.0 Å². The summed E-state index contributed by atoms with van der Waals surface area (Å²) in [5.41, 5.74) is 0.741. The summed E-state index contributed by atoms with van der Waals surface area (Å²) in [6.45, 7) is 1.30. The number of methoxy groups -OCH3 is 1. The highest BCUT2D eigenvalue weighted by Crippen LogP contribution is 2.68. The lowest BCUT2D eigenvalue weighted by Gasteiger charge is -2.16. The second-order valence-corrected chi connectivity index (χ2v) is 6.32. The van der Waals surface area contributed by atoms with Gasteiger partial charge in [-0.1, -0.05) is 30.3 Å². The summed E-state index contributed by atoms with van der Waals surface area (Å²) in [5.74, 6) is 0.146. The number of ether oxygens (including phenoxy) is 1. The van der Waals surface area contributed by atoms with Gasteiger partial charge in [0.15, 0.2) is 0 Å². The van der Waals surface area contributed by atoms with Crippen LogP contribution in [0, 0.1) is 11.3 Å². The van der Waals surface area contributed by atoms with E-state index in [1.165, 1.54) is 0 Å². The molecule has 0 bridgehead atoms. The third kappa shape index (κ3) is 2.33. The minimum atomic E-state index is -0.582. The predicted molar refractivity (Wildman–Crippen MR) is 81.3 cm³/mol. The van der Waals surface area contributed by atoms with Crippen LogP contribution in [0.15, 0.2) is 30.3 Å². The molecule has 0 aromatic heterocycles. The van der Waals surface area contributed by atoms with Gasteiger partial charge in [-0.2, -0.15) is 0 Å². The zero-order valence-electron chi connectivity index (χ0n) is 12.8. The first-order valence-electron chi connectivity index (χ1n) is 7.75. The van der Waals surface area contributed by atoms with Crippen molar-refractivity contribution >= 4 is 5.91 Å². The molecule has 1 heterocycles. The van der Waals surface area contributed by atoms with Crippen molar-refractivity contribution in [3.05, 3.63) is 35.9 Å². The fourth-order valence-electron chi connectivity index (χ4n) is 4.11. The second-order valence-electron chi connectivity index (χ2n) is 6.32. The molecule has 22 heavy (non-hydrogen) atoms. The quantitative estimate of drug-likeness (QED) is 0.836. The molecule has 1 saturated heterocycles. The van der Waals surface area contributed by atoms with Gasteiger partial charge < -0.3 is 19.8 Å². The molecule has 1 amide bonds. The second kappa shape index (κ2) is 5.99. The first-order chi connectivity index (χ1) is 10.6. The zero-order valence-corrected chi connectivity index (χ0v) is 12.8. The summed E-state index contributed by atoms with van der Waals surface area (Å²) in [6.07, 6.45) is -0.250. The fraction of sp³-hybridized carbons (Fsp3) is 0.588. The summed E-state index contributed by atoms with van der Waals surface area (Å²) < 4.78 is 4.95. The van der Waals surface area contributed by atoms with Crippen molar-refractivity contribution in [3.63, 3.8) is 0 Å². The van der Waals surface area contributed by atoms with Gasteiger partial charge in [-0.15, -0.1) is 0 Å². The lowest BCUT2D eigenvalue weighted by atomic mass is 9.95. The lowest BCUT2D eigenvalue weighted by Crippen LogP contribution is -2.30. The minimum absolute atomic E-state index is 0.00757. The Bertz CT molecular complexity index is 535. The Labute approximate surface area is 130 Å². The molecule has 3 rings (SSSR count). The van der Waals surface area contributed by atoms with Gasteiger partial charge in [-0.05, 0) is 17.4 Å². The minimum Gasteiger partial charge on any atom is -0.396 e. The van der Waals surface area contributed by atoms with E-state index in [4.69, 9.17) is 4.74 Å². The normalized spacial score (nSPS) is 33.4. The Morgan fingerprint density at radius 1 is 1.41 bits per heavy atom. The third-order valence-corrected chi connectivity index (χ3v) is 5.27. The Balaban J connectivity index is 1.77. The summed E-state index contributed by atoms with van der Waals surface area (Å²) in [6, 6.07) is 9.96. The van der Waals surface area contributed by atoms with Crippen molar-refractivity contribution in [2.75, 3.05) is 33.4 Å². The number of hydrogen-bond donors (Lipinski definition) is 2. The van der Waals surface area contributed by atoms with Crippen LogP contribution in [0.3, 0.4) is 0 Å². The molecule has 1 aromatic rings. The molecule has 1 aliphatic carbocycles. The molecule has 1 aliphatic heterocycles. The summed E-state index contributed by atoms with van der Waals surface area (Å²) in [5, 5.41) is 20.3. The average molecular weight is 305 g/mol. The van der Waals surface area contributed by atoms with E-state index in [-0.39, 0.29) is 24.3 Å². The maximum absolute atomic E-state index is 12.2. The predicted octanol–water partition coefficient (Wildman–Crippen LogP) is 0.618. The van der Waals surface area contributed by atoms with Crippen LogP contribution in [0.5, 0.6) is 0 Å². The highest BCUT2D eigenvalue weighted by Gasteiger charge is 2.71. The van der Waals surface area contributed by atoms with Gasteiger partial charge in [-0.25, -0.2) is 0 Å². The van der Waals surface area contributed by atoms with Crippen LogP contribution in [0.2, 0.25) is 0 Å². The molecule has 0 unspecified atom stereocenters. The maximum Gasteiger partial charge on any atom is 0.224 e.